The number of nitrogens with one attached hydrogen (secondary N) is 1. The van der Waals surface area contributed by atoms with Crippen LogP contribution in [0.1, 0.15) is 35.9 Å². The molecule has 4 rings (SSSR count). The number of carbonyl (C=O) groups excluding carboxylic acids is 1. The normalized spacial score (nSPS) is 16.2. The fourth-order valence-corrected chi connectivity index (χ4v) is 3.57. The number of H-pyrrole nitrogens is 1. The minimum Gasteiger partial charge on any atom is -0.338 e. The van der Waals surface area contributed by atoms with Gasteiger partial charge in [0.2, 0.25) is 0 Å². The van der Waals surface area contributed by atoms with Gasteiger partial charge in [-0.1, -0.05) is 6.07 Å². The highest BCUT2D eigenvalue weighted by atomic mass is 19.3. The molecule has 3 heterocycles. The first-order valence-corrected chi connectivity index (χ1v) is 9.60. The fraction of sp³-hybridized carbons (Fsp3) is 0.400. The molecule has 29 heavy (non-hydrogen) atoms. The zero-order valence-electron chi connectivity index (χ0n) is 16.3. The third-order valence-electron chi connectivity index (χ3n) is 5.18. The van der Waals surface area contributed by atoms with Crippen molar-refractivity contribution in [1.29, 1.82) is 0 Å². The summed E-state index contributed by atoms with van der Waals surface area (Å²) in [6.45, 7) is 4.50. The number of hydrogen-bond acceptors (Lipinski definition) is 4. The molecule has 2 aromatic heterocycles. The van der Waals surface area contributed by atoms with Crippen LogP contribution in [0.15, 0.2) is 30.5 Å². The van der Waals surface area contributed by atoms with E-state index in [4.69, 9.17) is 0 Å². The summed E-state index contributed by atoms with van der Waals surface area (Å²) < 4.78 is 28.8. The van der Waals surface area contributed by atoms with Crippen molar-refractivity contribution in [3.05, 3.63) is 41.9 Å². The Morgan fingerprint density at radius 1 is 1.24 bits per heavy atom. The van der Waals surface area contributed by atoms with Gasteiger partial charge in [-0.05, 0) is 32.0 Å². The van der Waals surface area contributed by atoms with Crippen LogP contribution in [-0.2, 0) is 6.54 Å². The molecule has 1 N–H and O–H groups in total. The molecular weight excluding hydrogens is 378 g/mol. The number of aromatic nitrogens is 5. The number of rotatable bonds is 4. The van der Waals surface area contributed by atoms with Crippen LogP contribution in [0, 0.1) is 6.92 Å². The van der Waals surface area contributed by atoms with Gasteiger partial charge in [0.05, 0.1) is 5.69 Å². The molecule has 0 saturated carbocycles. The quantitative estimate of drug-likeness (QED) is 0.727. The van der Waals surface area contributed by atoms with Crippen LogP contribution in [0.25, 0.3) is 22.6 Å². The molecule has 152 valence electrons. The van der Waals surface area contributed by atoms with Gasteiger partial charge < -0.3 is 4.90 Å². The summed E-state index contributed by atoms with van der Waals surface area (Å²) in [6, 6.07) is 7.20. The lowest BCUT2D eigenvalue weighted by Crippen LogP contribution is -2.42. The number of piperidine rings is 1. The van der Waals surface area contributed by atoms with E-state index in [2.05, 4.69) is 20.3 Å². The lowest BCUT2D eigenvalue weighted by atomic mass is 9.98. The molecule has 0 aliphatic carbocycles. The number of hydrogen-bond donors (Lipinski definition) is 1. The maximum atomic E-state index is 13.5. The number of aromatic amines is 1. The molecule has 0 bridgehead atoms. The number of carbonyl (C=O) groups is 1. The third-order valence-corrected chi connectivity index (χ3v) is 5.18. The van der Waals surface area contributed by atoms with Crippen molar-refractivity contribution in [3.8, 4) is 22.6 Å². The molecule has 0 radical (unpaired) electrons. The summed E-state index contributed by atoms with van der Waals surface area (Å²) in [5.74, 6) is -1.73. The highest BCUT2D eigenvalue weighted by molar-refractivity contribution is 6.01. The van der Waals surface area contributed by atoms with Crippen LogP contribution in [0.5, 0.6) is 0 Å². The number of nitrogens with zero attached hydrogens (tertiary/aromatic N) is 5. The highest BCUT2D eigenvalue weighted by Crippen LogP contribution is 2.32. The minimum atomic E-state index is -2.70. The first-order valence-electron chi connectivity index (χ1n) is 9.60. The van der Waals surface area contributed by atoms with E-state index in [1.165, 1.54) is 4.90 Å². The van der Waals surface area contributed by atoms with Crippen LogP contribution < -0.4 is 0 Å². The van der Waals surface area contributed by atoms with E-state index in [9.17, 15) is 13.6 Å². The second-order valence-corrected chi connectivity index (χ2v) is 7.19. The van der Waals surface area contributed by atoms with Gasteiger partial charge in [-0.2, -0.15) is 10.2 Å². The first kappa shape index (κ1) is 19.2. The Morgan fingerprint density at radius 3 is 2.66 bits per heavy atom. The molecule has 1 fully saturated rings. The van der Waals surface area contributed by atoms with Gasteiger partial charge in [0.25, 0.3) is 11.8 Å². The Balaban J connectivity index is 1.76. The number of benzene rings is 1. The predicted molar refractivity (Wildman–Crippen MR) is 104 cm³/mol. The number of halogens is 2. The van der Waals surface area contributed by atoms with Gasteiger partial charge in [-0.15, -0.1) is 0 Å². The summed E-state index contributed by atoms with van der Waals surface area (Å²) in [6.07, 6.45) is 1.06. The van der Waals surface area contributed by atoms with Crippen LogP contribution in [0.3, 0.4) is 0 Å². The Bertz CT molecular complexity index is 1030. The maximum absolute atomic E-state index is 13.5. The van der Waals surface area contributed by atoms with Crippen molar-refractivity contribution in [2.75, 3.05) is 13.1 Å². The molecule has 1 aromatic carbocycles. The molecular formula is C20H22F2N6O. The maximum Gasteiger partial charge on any atom is 0.254 e. The SMILES string of the molecule is CCn1nccc1-c1cc(-c2n[nH]c(C)n2)ccc1C(=O)N1CCC(F)(F)CC1. The third kappa shape index (κ3) is 3.76. The molecule has 1 aliphatic rings. The fourth-order valence-electron chi connectivity index (χ4n) is 3.57. The smallest absolute Gasteiger partial charge is 0.254 e. The van der Waals surface area contributed by atoms with E-state index in [1.807, 2.05) is 26.0 Å². The van der Waals surface area contributed by atoms with Crippen molar-refractivity contribution in [2.24, 2.45) is 0 Å². The van der Waals surface area contributed by atoms with Gasteiger partial charge in [0.15, 0.2) is 5.82 Å². The summed E-state index contributed by atoms with van der Waals surface area (Å²) >= 11 is 0. The zero-order valence-corrected chi connectivity index (χ0v) is 16.3. The Hall–Kier alpha value is -3.10. The summed E-state index contributed by atoms with van der Waals surface area (Å²) in [5.41, 5.74) is 2.69. The van der Waals surface area contributed by atoms with E-state index in [-0.39, 0.29) is 31.8 Å². The monoisotopic (exact) mass is 400 g/mol. The first-order chi connectivity index (χ1) is 13.9. The second-order valence-electron chi connectivity index (χ2n) is 7.19. The molecule has 0 unspecified atom stereocenters. The second kappa shape index (κ2) is 7.38. The number of aryl methyl sites for hydroxylation is 2. The molecule has 9 heteroatoms. The van der Waals surface area contributed by atoms with Crippen LogP contribution >= 0.6 is 0 Å². The van der Waals surface area contributed by atoms with Crippen molar-refractivity contribution >= 4 is 5.91 Å². The lowest BCUT2D eigenvalue weighted by molar-refractivity contribution is -0.0494. The molecule has 0 atom stereocenters. The number of amides is 1. The molecule has 0 spiro atoms. The summed E-state index contributed by atoms with van der Waals surface area (Å²) in [5, 5.41) is 11.3. The molecule has 1 aliphatic heterocycles. The predicted octanol–water partition coefficient (Wildman–Crippen LogP) is 3.53. The average Bonchev–Trinajstić information content (AvgIpc) is 3.35. The van der Waals surface area contributed by atoms with Gasteiger partial charge in [-0.3, -0.25) is 14.6 Å². The van der Waals surface area contributed by atoms with E-state index in [0.29, 0.717) is 29.3 Å². The standard InChI is InChI=1S/C20H22F2N6O/c1-3-28-17(6-9-23-28)16-12-14(18-24-13(2)25-26-18)4-5-15(16)19(29)27-10-7-20(21,22)8-11-27/h4-6,9,12H,3,7-8,10-11H2,1-2H3,(H,24,25,26). The molecule has 7 nitrogen and oxygen atoms in total. The molecule has 1 saturated heterocycles. The minimum absolute atomic E-state index is 0.0418. The largest absolute Gasteiger partial charge is 0.338 e. The number of alkyl halides is 2. The Morgan fingerprint density at radius 2 is 2.00 bits per heavy atom. The van der Waals surface area contributed by atoms with Crippen LogP contribution in [0.2, 0.25) is 0 Å². The van der Waals surface area contributed by atoms with Crippen molar-refractivity contribution in [3.63, 3.8) is 0 Å². The van der Waals surface area contributed by atoms with Crippen LogP contribution in [-0.4, -0.2) is 54.8 Å². The Labute approximate surface area is 166 Å². The van der Waals surface area contributed by atoms with E-state index < -0.39 is 5.92 Å². The highest BCUT2D eigenvalue weighted by Gasteiger charge is 2.36. The van der Waals surface area contributed by atoms with E-state index in [1.54, 1.807) is 23.0 Å². The topological polar surface area (TPSA) is 79.7 Å². The van der Waals surface area contributed by atoms with Gasteiger partial charge in [0, 0.05) is 55.4 Å². The average molecular weight is 400 g/mol. The van der Waals surface area contributed by atoms with Crippen molar-refractivity contribution in [2.45, 2.75) is 39.2 Å². The van der Waals surface area contributed by atoms with Crippen LogP contribution in [0.4, 0.5) is 8.78 Å². The van der Waals surface area contributed by atoms with Crippen molar-refractivity contribution < 1.29 is 13.6 Å². The molecule has 1 amide bonds. The van der Waals surface area contributed by atoms with Gasteiger partial charge in [0.1, 0.15) is 5.82 Å². The Kier molecular flexibility index (Phi) is 4.89. The van der Waals surface area contributed by atoms with E-state index in [0.717, 1.165) is 11.3 Å². The van der Waals surface area contributed by atoms with E-state index >= 15 is 0 Å². The zero-order chi connectivity index (χ0) is 20.6. The number of likely N-dealkylation sites (tertiary alicyclic amines) is 1. The lowest BCUT2D eigenvalue weighted by Gasteiger charge is -2.32. The van der Waals surface area contributed by atoms with Crippen molar-refractivity contribution in [1.82, 2.24) is 29.9 Å². The molecule has 3 aromatic rings. The van der Waals surface area contributed by atoms with Gasteiger partial charge in [-0.25, -0.2) is 13.8 Å². The summed E-state index contributed by atoms with van der Waals surface area (Å²) in [4.78, 5) is 19.1. The van der Waals surface area contributed by atoms with Gasteiger partial charge >= 0.3 is 0 Å². The summed E-state index contributed by atoms with van der Waals surface area (Å²) in [7, 11) is 0.